The molecule has 2 aromatic carbocycles. The number of nitrogens with one attached hydrogen (secondary N) is 1. The number of imide groups is 1. The van der Waals surface area contributed by atoms with Crippen LogP contribution in [0.1, 0.15) is 27.1 Å². The first-order valence-corrected chi connectivity index (χ1v) is 8.69. The lowest BCUT2D eigenvalue weighted by molar-refractivity contribution is -0.137. The van der Waals surface area contributed by atoms with E-state index in [0.29, 0.717) is 22.6 Å². The number of nitrogens with zero attached hydrogens (tertiary/aromatic N) is 2. The van der Waals surface area contributed by atoms with Crippen LogP contribution in [-0.4, -0.2) is 48.2 Å². The lowest BCUT2D eigenvalue weighted by atomic mass is 10.1. The topological polar surface area (TPSA) is 97.3 Å². The zero-order chi connectivity index (χ0) is 19.7. The molecule has 0 unspecified atom stereocenters. The van der Waals surface area contributed by atoms with Gasteiger partial charge in [0.2, 0.25) is 0 Å². The Morgan fingerprint density at radius 3 is 2.32 bits per heavy atom. The average Bonchev–Trinajstić information content (AvgIpc) is 3.19. The molecule has 2 aliphatic rings. The van der Waals surface area contributed by atoms with Gasteiger partial charge >= 0.3 is 5.97 Å². The van der Waals surface area contributed by atoms with Gasteiger partial charge in [-0.2, -0.15) is 5.10 Å². The van der Waals surface area contributed by atoms with E-state index < -0.39 is 12.1 Å². The van der Waals surface area contributed by atoms with E-state index in [4.69, 9.17) is 9.47 Å². The van der Waals surface area contributed by atoms with Crippen molar-refractivity contribution in [3.63, 3.8) is 0 Å². The van der Waals surface area contributed by atoms with Gasteiger partial charge in [0.15, 0.2) is 0 Å². The minimum atomic E-state index is -0.619. The SMILES string of the molecule is COc1ccc(N/N=C2/C[C@@H](CN3C(=O)c4ccccc4C3=O)OC2=O)cc1. The number of carbonyl (C=O) groups excluding carboxylic acids is 3. The Hall–Kier alpha value is -3.68. The van der Waals surface area contributed by atoms with E-state index in [1.54, 1.807) is 55.6 Å². The fourth-order valence-electron chi connectivity index (χ4n) is 3.16. The summed E-state index contributed by atoms with van der Waals surface area (Å²) in [4.78, 5) is 38.0. The first-order chi connectivity index (χ1) is 13.6. The van der Waals surface area contributed by atoms with E-state index in [-0.39, 0.29) is 30.5 Å². The van der Waals surface area contributed by atoms with Crippen LogP contribution in [0.15, 0.2) is 53.6 Å². The van der Waals surface area contributed by atoms with Crippen molar-refractivity contribution in [1.29, 1.82) is 0 Å². The van der Waals surface area contributed by atoms with E-state index in [0.717, 1.165) is 4.90 Å². The number of ether oxygens (including phenoxy) is 2. The fourth-order valence-corrected chi connectivity index (χ4v) is 3.16. The highest BCUT2D eigenvalue weighted by molar-refractivity contribution is 6.38. The molecule has 0 spiro atoms. The van der Waals surface area contributed by atoms with Crippen LogP contribution in [0.2, 0.25) is 0 Å². The van der Waals surface area contributed by atoms with Crippen LogP contribution in [0.5, 0.6) is 5.75 Å². The summed E-state index contributed by atoms with van der Waals surface area (Å²) >= 11 is 0. The van der Waals surface area contributed by atoms with Gasteiger partial charge in [0, 0.05) is 6.42 Å². The number of esters is 1. The van der Waals surface area contributed by atoms with Gasteiger partial charge in [-0.3, -0.25) is 19.9 Å². The molecule has 28 heavy (non-hydrogen) atoms. The van der Waals surface area contributed by atoms with Gasteiger partial charge in [-0.05, 0) is 36.4 Å². The highest BCUT2D eigenvalue weighted by Gasteiger charge is 2.40. The zero-order valence-corrected chi connectivity index (χ0v) is 15.0. The Labute approximate surface area is 160 Å². The van der Waals surface area contributed by atoms with Crippen LogP contribution in [0.4, 0.5) is 5.69 Å². The Bertz CT molecular complexity index is 949. The smallest absolute Gasteiger partial charge is 0.354 e. The Morgan fingerprint density at radius 2 is 1.71 bits per heavy atom. The highest BCUT2D eigenvalue weighted by atomic mass is 16.6. The number of amides is 2. The molecular formula is C20H17N3O5. The van der Waals surface area contributed by atoms with Gasteiger partial charge in [-0.25, -0.2) is 4.79 Å². The molecule has 2 aliphatic heterocycles. The molecule has 1 fully saturated rings. The zero-order valence-electron chi connectivity index (χ0n) is 15.0. The van der Waals surface area contributed by atoms with Crippen LogP contribution >= 0.6 is 0 Å². The third-order valence-corrected chi connectivity index (χ3v) is 4.60. The number of hydrogen-bond acceptors (Lipinski definition) is 7. The summed E-state index contributed by atoms with van der Waals surface area (Å²) in [6.07, 6.45) is -0.416. The first-order valence-electron chi connectivity index (χ1n) is 8.69. The lowest BCUT2D eigenvalue weighted by Gasteiger charge is -2.17. The van der Waals surface area contributed by atoms with Crippen molar-refractivity contribution in [2.75, 3.05) is 19.1 Å². The van der Waals surface area contributed by atoms with Crippen molar-refractivity contribution in [2.24, 2.45) is 5.10 Å². The van der Waals surface area contributed by atoms with E-state index in [1.807, 2.05) is 0 Å². The van der Waals surface area contributed by atoms with Crippen LogP contribution in [0.3, 0.4) is 0 Å². The predicted molar refractivity (Wildman–Crippen MR) is 100 cm³/mol. The average molecular weight is 379 g/mol. The van der Waals surface area contributed by atoms with Gasteiger partial charge in [0.1, 0.15) is 17.6 Å². The van der Waals surface area contributed by atoms with Gasteiger partial charge < -0.3 is 9.47 Å². The molecule has 1 saturated heterocycles. The number of fused-ring (bicyclic) bond motifs is 1. The number of benzene rings is 2. The Morgan fingerprint density at radius 1 is 1.07 bits per heavy atom. The molecule has 8 heteroatoms. The fraction of sp³-hybridized carbons (Fsp3) is 0.200. The van der Waals surface area contributed by atoms with Crippen LogP contribution in [0, 0.1) is 0 Å². The molecule has 0 radical (unpaired) electrons. The van der Waals surface area contributed by atoms with E-state index in [2.05, 4.69) is 10.5 Å². The number of methoxy groups -OCH3 is 1. The summed E-state index contributed by atoms with van der Waals surface area (Å²) in [5.41, 5.74) is 4.42. The molecular weight excluding hydrogens is 362 g/mol. The minimum Gasteiger partial charge on any atom is -0.497 e. The highest BCUT2D eigenvalue weighted by Crippen LogP contribution is 2.25. The quantitative estimate of drug-likeness (QED) is 0.485. The summed E-state index contributed by atoms with van der Waals surface area (Å²) in [6, 6.07) is 13.7. The summed E-state index contributed by atoms with van der Waals surface area (Å²) in [5.74, 6) is -0.612. The second-order valence-corrected chi connectivity index (χ2v) is 6.40. The second-order valence-electron chi connectivity index (χ2n) is 6.40. The van der Waals surface area contributed by atoms with Gasteiger partial charge in [0.25, 0.3) is 11.8 Å². The molecule has 142 valence electrons. The summed E-state index contributed by atoms with van der Waals surface area (Å²) in [6.45, 7) is -0.000355. The lowest BCUT2D eigenvalue weighted by Crippen LogP contribution is -2.36. The standard InChI is InChI=1S/C20H17N3O5/c1-27-13-8-6-12(7-9-13)21-22-17-10-14(28-20(17)26)11-23-18(24)15-4-2-3-5-16(15)19(23)25/h2-9,14,21H,10-11H2,1H3/b22-17-/t14-/m0/s1. The number of hydrazone groups is 1. The Balaban J connectivity index is 1.41. The minimum absolute atomic E-state index is 0.000355. The number of anilines is 1. The van der Waals surface area contributed by atoms with Crippen molar-refractivity contribution in [3.8, 4) is 5.75 Å². The normalized spacial score (nSPS) is 19.8. The predicted octanol–water partition coefficient (Wildman–Crippen LogP) is 2.07. The molecule has 8 nitrogen and oxygen atoms in total. The van der Waals surface area contributed by atoms with E-state index in [1.165, 1.54) is 0 Å². The van der Waals surface area contributed by atoms with Crippen molar-refractivity contribution >= 4 is 29.2 Å². The third kappa shape index (κ3) is 3.20. The monoisotopic (exact) mass is 379 g/mol. The van der Waals surface area contributed by atoms with Gasteiger partial charge in [-0.15, -0.1) is 0 Å². The first kappa shape index (κ1) is 17.7. The maximum atomic E-state index is 12.4. The maximum Gasteiger partial charge on any atom is 0.354 e. The molecule has 0 bridgehead atoms. The van der Waals surface area contributed by atoms with Crippen molar-refractivity contribution in [3.05, 3.63) is 59.7 Å². The van der Waals surface area contributed by atoms with Gasteiger partial charge in [-0.1, -0.05) is 12.1 Å². The summed E-state index contributed by atoms with van der Waals surface area (Å²) < 4.78 is 10.4. The molecule has 0 aliphatic carbocycles. The molecule has 4 rings (SSSR count). The molecule has 1 atom stereocenters. The van der Waals surface area contributed by atoms with Crippen molar-refractivity contribution < 1.29 is 23.9 Å². The van der Waals surface area contributed by atoms with Crippen LogP contribution in [-0.2, 0) is 9.53 Å². The van der Waals surface area contributed by atoms with Gasteiger partial charge in [0.05, 0.1) is 30.5 Å². The van der Waals surface area contributed by atoms with E-state index >= 15 is 0 Å². The van der Waals surface area contributed by atoms with Crippen molar-refractivity contribution in [2.45, 2.75) is 12.5 Å². The summed E-state index contributed by atoms with van der Waals surface area (Å²) in [5, 5.41) is 4.10. The molecule has 2 heterocycles. The second kappa shape index (κ2) is 7.15. The van der Waals surface area contributed by atoms with Crippen LogP contribution < -0.4 is 10.2 Å². The Kier molecular flexibility index (Phi) is 4.52. The summed E-state index contributed by atoms with van der Waals surface area (Å²) in [7, 11) is 1.58. The number of rotatable bonds is 5. The number of cyclic esters (lactones) is 1. The van der Waals surface area contributed by atoms with E-state index in [9.17, 15) is 14.4 Å². The molecule has 0 saturated carbocycles. The third-order valence-electron chi connectivity index (χ3n) is 4.60. The molecule has 2 aromatic rings. The number of hydrogen-bond donors (Lipinski definition) is 1. The molecule has 2 amide bonds. The largest absolute Gasteiger partial charge is 0.497 e. The van der Waals surface area contributed by atoms with Crippen molar-refractivity contribution in [1.82, 2.24) is 4.90 Å². The molecule has 1 N–H and O–H groups in total. The maximum absolute atomic E-state index is 12.4. The number of carbonyl (C=O) groups is 3. The molecule has 0 aromatic heterocycles. The van der Waals surface area contributed by atoms with Crippen LogP contribution in [0.25, 0.3) is 0 Å².